The molecule has 0 saturated carbocycles. The summed E-state index contributed by atoms with van der Waals surface area (Å²) in [4.78, 5) is 14.0. The van der Waals surface area contributed by atoms with E-state index in [9.17, 15) is 23.1 Å². The van der Waals surface area contributed by atoms with Gasteiger partial charge in [0, 0.05) is 12.4 Å². The van der Waals surface area contributed by atoms with Gasteiger partial charge in [-0.3, -0.25) is 9.78 Å². The van der Waals surface area contributed by atoms with Crippen molar-refractivity contribution in [3.8, 4) is 0 Å². The molecule has 0 aromatic carbocycles. The molecule has 80 valence electrons. The average molecular weight is 216 g/mol. The van der Waals surface area contributed by atoms with Gasteiger partial charge in [0.05, 0.1) is 0 Å². The van der Waals surface area contributed by atoms with E-state index in [1.165, 1.54) is 24.5 Å². The van der Waals surface area contributed by atoms with E-state index >= 15 is 0 Å². The van der Waals surface area contributed by atoms with Gasteiger partial charge in [-0.25, -0.2) is 0 Å². The molecule has 0 spiro atoms. The highest BCUT2D eigenvalue weighted by Gasteiger charge is 2.36. The summed E-state index contributed by atoms with van der Waals surface area (Å²) in [5, 5.41) is 11.1. The van der Waals surface area contributed by atoms with Crippen LogP contribution in [0.4, 0.5) is 13.2 Å². The third-order valence-electron chi connectivity index (χ3n) is 1.51. The van der Waals surface area contributed by atoms with Crippen LogP contribution in [0, 0.1) is 0 Å². The van der Waals surface area contributed by atoms with Crippen LogP contribution in [0.5, 0.6) is 0 Å². The van der Waals surface area contributed by atoms with E-state index in [4.69, 9.17) is 0 Å². The van der Waals surface area contributed by atoms with Gasteiger partial charge in [0.2, 0.25) is 0 Å². The number of aromatic nitrogens is 1. The molecule has 3 nitrogen and oxygen atoms in total. The molecule has 1 aromatic rings. The third-order valence-corrected chi connectivity index (χ3v) is 1.51. The molecule has 0 aliphatic rings. The van der Waals surface area contributed by atoms with E-state index < -0.39 is 17.7 Å². The van der Waals surface area contributed by atoms with Gasteiger partial charge in [0.25, 0.3) is 5.78 Å². The Morgan fingerprint density at radius 3 is 2.33 bits per heavy atom. The van der Waals surface area contributed by atoms with Crippen molar-refractivity contribution >= 4 is 11.5 Å². The van der Waals surface area contributed by atoms with E-state index in [1.54, 1.807) is 0 Å². The van der Waals surface area contributed by atoms with Crippen molar-refractivity contribution in [1.29, 1.82) is 0 Å². The Kier molecular flexibility index (Phi) is 3.08. The monoisotopic (exact) mass is 216 g/mol. The molecule has 0 bridgehead atoms. The molecule has 0 fully saturated rings. The Labute approximate surface area is 82.9 Å². The van der Waals surface area contributed by atoms with Gasteiger partial charge in [-0.2, -0.15) is 13.2 Å². The maximum Gasteiger partial charge on any atom is 0.454 e. The highest BCUT2D eigenvalue weighted by molar-refractivity contribution is 5.98. The van der Waals surface area contributed by atoms with Crippen LogP contribution in [0.3, 0.4) is 0 Å². The van der Waals surface area contributed by atoms with Crippen LogP contribution in [0.25, 0.3) is 5.76 Å². The van der Waals surface area contributed by atoms with Crippen LogP contribution in [0.2, 0.25) is 0 Å². The molecule has 1 heterocycles. The predicted octanol–water partition coefficient (Wildman–Crippen LogP) is 0.914. The Morgan fingerprint density at radius 2 is 1.87 bits per heavy atom. The number of nitrogens with zero attached hydrogens (tertiary/aromatic N) is 1. The van der Waals surface area contributed by atoms with Crippen molar-refractivity contribution in [2.24, 2.45) is 0 Å². The van der Waals surface area contributed by atoms with E-state index in [1.807, 2.05) is 0 Å². The first-order valence-electron chi connectivity index (χ1n) is 3.81. The number of rotatable bonds is 2. The molecule has 0 aliphatic carbocycles. The van der Waals surface area contributed by atoms with Gasteiger partial charge >= 0.3 is 6.18 Å². The number of allylic oxidation sites excluding steroid dienone is 1. The molecule has 0 saturated heterocycles. The summed E-state index contributed by atoms with van der Waals surface area (Å²) in [6.07, 6.45) is -2.49. The SMILES string of the molecule is O=C(/C=C(/[O-])c1ccncc1)C(F)(F)F. The molecule has 0 aliphatic heterocycles. The summed E-state index contributed by atoms with van der Waals surface area (Å²) in [6.45, 7) is 0. The predicted molar refractivity (Wildman–Crippen MR) is 43.3 cm³/mol. The largest absolute Gasteiger partial charge is 0.872 e. The van der Waals surface area contributed by atoms with E-state index in [0.29, 0.717) is 0 Å². The second-order valence-electron chi connectivity index (χ2n) is 2.61. The van der Waals surface area contributed by atoms with E-state index in [2.05, 4.69) is 4.98 Å². The zero-order valence-corrected chi connectivity index (χ0v) is 7.28. The number of carbonyl (C=O) groups excluding carboxylic acids is 1. The first-order valence-corrected chi connectivity index (χ1v) is 3.81. The highest BCUT2D eigenvalue weighted by atomic mass is 19.4. The highest BCUT2D eigenvalue weighted by Crippen LogP contribution is 2.18. The fourth-order valence-electron chi connectivity index (χ4n) is 0.800. The van der Waals surface area contributed by atoms with Crippen molar-refractivity contribution in [1.82, 2.24) is 4.98 Å². The van der Waals surface area contributed by atoms with Gasteiger partial charge in [-0.1, -0.05) is 5.76 Å². The third kappa shape index (κ3) is 3.08. The molecular weight excluding hydrogens is 211 g/mol. The smallest absolute Gasteiger partial charge is 0.454 e. The number of ketones is 1. The van der Waals surface area contributed by atoms with E-state index in [-0.39, 0.29) is 11.6 Å². The van der Waals surface area contributed by atoms with Crippen molar-refractivity contribution in [3.63, 3.8) is 0 Å². The molecular formula is C9H5F3NO2-. The zero-order valence-electron chi connectivity index (χ0n) is 7.28. The quantitative estimate of drug-likeness (QED) is 0.545. The van der Waals surface area contributed by atoms with Crippen molar-refractivity contribution in [3.05, 3.63) is 36.2 Å². The Hall–Kier alpha value is -1.85. The number of carbonyl (C=O) groups is 1. The number of alkyl halides is 3. The van der Waals surface area contributed by atoms with Crippen LogP contribution in [-0.4, -0.2) is 16.9 Å². The Bertz CT molecular complexity index is 384. The lowest BCUT2D eigenvalue weighted by atomic mass is 10.2. The standard InChI is InChI=1S/C9H6F3NO2/c10-9(11,12)8(15)5-7(14)6-1-3-13-4-2-6/h1-5,14H/p-1/b7-5+. The first-order chi connectivity index (χ1) is 6.91. The van der Waals surface area contributed by atoms with Gasteiger partial charge in [-0.05, 0) is 23.8 Å². The summed E-state index contributed by atoms with van der Waals surface area (Å²) in [5.74, 6) is -3.15. The molecule has 0 unspecified atom stereocenters. The Morgan fingerprint density at radius 1 is 1.33 bits per heavy atom. The molecule has 0 N–H and O–H groups in total. The number of pyridine rings is 1. The second kappa shape index (κ2) is 4.12. The lowest BCUT2D eigenvalue weighted by Gasteiger charge is -2.11. The van der Waals surface area contributed by atoms with Crippen molar-refractivity contribution in [2.75, 3.05) is 0 Å². The van der Waals surface area contributed by atoms with Gasteiger partial charge in [0.15, 0.2) is 0 Å². The summed E-state index contributed by atoms with van der Waals surface area (Å²) < 4.78 is 35.3. The topological polar surface area (TPSA) is 53.0 Å². The number of hydrogen-bond donors (Lipinski definition) is 0. The van der Waals surface area contributed by atoms with Gasteiger partial charge in [0.1, 0.15) is 0 Å². The number of hydrogen-bond acceptors (Lipinski definition) is 3. The molecule has 0 radical (unpaired) electrons. The van der Waals surface area contributed by atoms with E-state index in [0.717, 1.165) is 0 Å². The average Bonchev–Trinajstić information content (AvgIpc) is 2.17. The first kappa shape index (κ1) is 11.2. The maximum absolute atomic E-state index is 11.8. The van der Waals surface area contributed by atoms with Gasteiger partial charge < -0.3 is 5.11 Å². The van der Waals surface area contributed by atoms with Gasteiger partial charge in [-0.15, -0.1) is 0 Å². The molecule has 0 amide bonds. The zero-order chi connectivity index (χ0) is 11.5. The lowest BCUT2D eigenvalue weighted by molar-refractivity contribution is -0.244. The lowest BCUT2D eigenvalue weighted by Crippen LogP contribution is -2.21. The molecule has 1 aromatic heterocycles. The summed E-state index contributed by atoms with van der Waals surface area (Å²) in [5.41, 5.74) is -0.0115. The minimum atomic E-state index is -5.01. The summed E-state index contributed by atoms with van der Waals surface area (Å²) in [6, 6.07) is 2.45. The minimum absolute atomic E-state index is 0.0115. The van der Waals surface area contributed by atoms with Crippen LogP contribution >= 0.6 is 0 Å². The summed E-state index contributed by atoms with van der Waals surface area (Å²) in [7, 11) is 0. The van der Waals surface area contributed by atoms with Crippen LogP contribution in [0.1, 0.15) is 5.56 Å². The minimum Gasteiger partial charge on any atom is -0.872 e. The molecule has 15 heavy (non-hydrogen) atoms. The molecule has 0 atom stereocenters. The van der Waals surface area contributed by atoms with Crippen LogP contribution < -0.4 is 5.11 Å². The molecule has 6 heteroatoms. The Balaban J connectivity index is 2.91. The van der Waals surface area contributed by atoms with Crippen LogP contribution in [0.15, 0.2) is 30.6 Å². The molecule has 1 rings (SSSR count). The normalized spacial score (nSPS) is 12.6. The second-order valence-corrected chi connectivity index (χ2v) is 2.61. The van der Waals surface area contributed by atoms with Crippen molar-refractivity contribution < 1.29 is 23.1 Å². The van der Waals surface area contributed by atoms with Crippen LogP contribution in [-0.2, 0) is 4.79 Å². The number of halogens is 3. The van der Waals surface area contributed by atoms with Crippen molar-refractivity contribution in [2.45, 2.75) is 6.18 Å². The summed E-state index contributed by atoms with van der Waals surface area (Å²) >= 11 is 0. The fourth-order valence-corrected chi connectivity index (χ4v) is 0.800. The maximum atomic E-state index is 11.8. The fraction of sp³-hybridized carbons (Fsp3) is 0.111.